The van der Waals surface area contributed by atoms with Crippen molar-refractivity contribution in [3.8, 4) is 0 Å². The molecule has 0 bridgehead atoms. The molecule has 0 atom stereocenters. The van der Waals surface area contributed by atoms with E-state index in [-0.39, 0.29) is 18.8 Å². The van der Waals surface area contributed by atoms with Crippen molar-refractivity contribution in [2.45, 2.75) is 0 Å². The number of carbonyl (C=O) groups is 1. The molecule has 0 aromatic heterocycles. The molecule has 0 aliphatic carbocycles. The van der Waals surface area contributed by atoms with Crippen LogP contribution in [0.3, 0.4) is 0 Å². The summed E-state index contributed by atoms with van der Waals surface area (Å²) in [6.07, 6.45) is 0. The molecule has 0 radical (unpaired) electrons. The second-order valence-corrected chi connectivity index (χ2v) is 1.65. The number of carboxylic acid groups (broad SMARTS) is 1. The van der Waals surface area contributed by atoms with Crippen LogP contribution in [0.15, 0.2) is 0 Å². The first-order valence-corrected chi connectivity index (χ1v) is 2.75. The molecule has 0 aliphatic heterocycles. The molecule has 0 spiro atoms. The highest BCUT2D eigenvalue weighted by molar-refractivity contribution is 7.83. The molecular formula is CH11N3O5S. The fourth-order valence-corrected chi connectivity index (χ4v) is 0. The van der Waals surface area contributed by atoms with Crippen LogP contribution in [0, 0.1) is 0 Å². The fourth-order valence-electron chi connectivity index (χ4n) is 0. The summed E-state index contributed by atoms with van der Waals surface area (Å²) in [4.78, 5) is 8.36. The Bertz CT molecular complexity index is 131. The van der Waals surface area contributed by atoms with Gasteiger partial charge in [0.05, 0.1) is 0 Å². The highest BCUT2D eigenvalue weighted by atomic mass is 32.2. The van der Waals surface area contributed by atoms with Crippen LogP contribution in [0.25, 0.3) is 0 Å². The predicted molar refractivity (Wildman–Crippen MR) is 34.5 cm³/mol. The van der Waals surface area contributed by atoms with Crippen LogP contribution in [0.4, 0.5) is 0 Å². The van der Waals surface area contributed by atoms with E-state index >= 15 is 0 Å². The Kier molecular flexibility index (Phi) is 25.4. The van der Waals surface area contributed by atoms with Gasteiger partial charge in [-0.15, -0.1) is 0 Å². The highest BCUT2D eigenvalue weighted by Gasteiger charge is 1.81. The fraction of sp³-hybridized carbons (Fsp3) is 0. The molecule has 0 fully saturated rings. The summed E-state index contributed by atoms with van der Waals surface area (Å²) >= 11 is 0. The summed E-state index contributed by atoms with van der Waals surface area (Å²) in [5.41, 5.74) is 0. The van der Waals surface area contributed by atoms with Gasteiger partial charge in [0, 0.05) is 0 Å². The van der Waals surface area contributed by atoms with E-state index in [4.69, 9.17) is 22.9 Å². The Morgan fingerprint density at radius 2 is 1.30 bits per heavy atom. The maximum absolute atomic E-state index is 8.97. The molecule has 66 valence electrons. The molecule has 0 saturated heterocycles. The Morgan fingerprint density at radius 1 is 1.30 bits per heavy atom. The summed E-state index contributed by atoms with van der Waals surface area (Å²) in [6, 6.07) is 0. The van der Waals surface area contributed by atoms with Crippen molar-refractivity contribution in [1.82, 2.24) is 12.3 Å². The van der Waals surface area contributed by atoms with Crippen LogP contribution in [0.2, 0.25) is 0 Å². The molecule has 0 saturated carbocycles. The molecule has 9 heteroatoms. The molecule has 0 rings (SSSR count). The van der Waals surface area contributed by atoms with Crippen molar-refractivity contribution in [3.63, 3.8) is 0 Å². The quantitative estimate of drug-likeness (QED) is 0.226. The van der Waals surface area contributed by atoms with E-state index in [1.54, 1.807) is 0 Å². The Hall–Kier alpha value is -0.740. The van der Waals surface area contributed by atoms with Crippen molar-refractivity contribution < 1.29 is 22.9 Å². The third-order valence-electron chi connectivity index (χ3n) is 0. The van der Waals surface area contributed by atoms with Gasteiger partial charge in [-0.1, -0.05) is 0 Å². The average molecular weight is 177 g/mol. The minimum Gasteiger partial charge on any atom is -0.483 e. The largest absolute Gasteiger partial charge is 0.483 e. The molecule has 0 heterocycles. The average Bonchev–Trinajstić information content (AvgIpc) is 1.27. The predicted octanol–water partition coefficient (Wildman–Crippen LogP) is -1.23. The van der Waals surface area contributed by atoms with Crippen LogP contribution in [0.5, 0.6) is 0 Å². The Labute approximate surface area is 58.1 Å². The third kappa shape index (κ3) is 520. The minimum absolute atomic E-state index is 0. The SMILES string of the molecule is N.N.NS(=O)(=O)O.O=CO. The third-order valence-corrected chi connectivity index (χ3v) is 0. The second-order valence-electron chi connectivity index (χ2n) is 0.620. The van der Waals surface area contributed by atoms with Crippen molar-refractivity contribution in [2.75, 3.05) is 0 Å². The maximum atomic E-state index is 8.97. The van der Waals surface area contributed by atoms with Gasteiger partial charge in [-0.05, 0) is 0 Å². The van der Waals surface area contributed by atoms with Gasteiger partial charge in [-0.2, -0.15) is 8.42 Å². The molecule has 0 aromatic carbocycles. The first-order valence-electron chi connectivity index (χ1n) is 1.25. The summed E-state index contributed by atoms with van der Waals surface area (Å²) in [5, 5.41) is 10.8. The summed E-state index contributed by atoms with van der Waals surface area (Å²) in [7, 11) is -4.17. The summed E-state index contributed by atoms with van der Waals surface area (Å²) in [6.45, 7) is -0.250. The lowest BCUT2D eigenvalue weighted by atomic mass is 11.7. The van der Waals surface area contributed by atoms with Crippen molar-refractivity contribution in [3.05, 3.63) is 0 Å². The Morgan fingerprint density at radius 3 is 1.30 bits per heavy atom. The van der Waals surface area contributed by atoms with E-state index in [1.165, 1.54) is 0 Å². The molecule has 0 unspecified atom stereocenters. The second kappa shape index (κ2) is 11.1. The zero-order chi connectivity index (χ0) is 7.21. The van der Waals surface area contributed by atoms with Crippen LogP contribution >= 0.6 is 0 Å². The maximum Gasteiger partial charge on any atom is 0.330 e. The lowest BCUT2D eigenvalue weighted by Crippen LogP contribution is -2.08. The molecule has 8 nitrogen and oxygen atoms in total. The first-order chi connectivity index (χ1) is 3.41. The zero-order valence-corrected chi connectivity index (χ0v) is 5.91. The normalized spacial score (nSPS) is 7.00. The standard InChI is InChI=1S/CH2O2.H3NO3S.2H3N/c2-1-3;1-5(2,3)4;;/h1H,(H,2,3);(H3,1,2,3,4);2*1H3. The van der Waals surface area contributed by atoms with E-state index in [1.807, 2.05) is 0 Å². The van der Waals surface area contributed by atoms with Gasteiger partial charge in [-0.25, -0.2) is 5.14 Å². The van der Waals surface area contributed by atoms with E-state index in [0.29, 0.717) is 0 Å². The molecular weight excluding hydrogens is 166 g/mol. The van der Waals surface area contributed by atoms with Crippen molar-refractivity contribution in [1.29, 1.82) is 0 Å². The van der Waals surface area contributed by atoms with Crippen LogP contribution < -0.4 is 17.4 Å². The van der Waals surface area contributed by atoms with E-state index in [9.17, 15) is 0 Å². The van der Waals surface area contributed by atoms with Crippen molar-refractivity contribution >= 4 is 16.8 Å². The van der Waals surface area contributed by atoms with Gasteiger partial charge in [0.25, 0.3) is 6.47 Å². The topological polar surface area (TPSA) is 188 Å². The lowest BCUT2D eigenvalue weighted by molar-refractivity contribution is -0.122. The van der Waals surface area contributed by atoms with Gasteiger partial charge in [0.1, 0.15) is 0 Å². The Balaban J connectivity index is -0.0000000326. The molecule has 10 heavy (non-hydrogen) atoms. The van der Waals surface area contributed by atoms with Gasteiger partial charge in [0.2, 0.25) is 0 Å². The smallest absolute Gasteiger partial charge is 0.330 e. The number of nitrogens with two attached hydrogens (primary N) is 1. The van der Waals surface area contributed by atoms with Gasteiger partial charge >= 0.3 is 10.3 Å². The van der Waals surface area contributed by atoms with Crippen LogP contribution in [-0.2, 0) is 15.1 Å². The number of hydrogen-bond acceptors (Lipinski definition) is 5. The van der Waals surface area contributed by atoms with Crippen LogP contribution in [0.1, 0.15) is 0 Å². The molecule has 0 amide bonds. The molecule has 10 N–H and O–H groups in total. The van der Waals surface area contributed by atoms with E-state index in [0.717, 1.165) is 0 Å². The van der Waals surface area contributed by atoms with Gasteiger partial charge < -0.3 is 17.4 Å². The van der Waals surface area contributed by atoms with Gasteiger partial charge in [0.15, 0.2) is 0 Å². The summed E-state index contributed by atoms with van der Waals surface area (Å²) in [5.74, 6) is 0. The zero-order valence-electron chi connectivity index (χ0n) is 5.10. The van der Waals surface area contributed by atoms with Crippen molar-refractivity contribution in [2.24, 2.45) is 5.14 Å². The number of rotatable bonds is 0. The first kappa shape index (κ1) is 22.8. The molecule has 0 aromatic rings. The minimum atomic E-state index is -4.17. The van der Waals surface area contributed by atoms with Gasteiger partial charge in [-0.3, -0.25) is 9.35 Å². The highest BCUT2D eigenvalue weighted by Crippen LogP contribution is 1.50. The van der Waals surface area contributed by atoms with E-state index < -0.39 is 10.3 Å². The monoisotopic (exact) mass is 177 g/mol. The lowest BCUT2D eigenvalue weighted by Gasteiger charge is -1.70. The van der Waals surface area contributed by atoms with Crippen LogP contribution in [-0.4, -0.2) is 24.5 Å². The summed E-state index contributed by atoms with van der Waals surface area (Å²) < 4.78 is 25.2. The number of hydrogen-bond donors (Lipinski definition) is 5. The molecule has 0 aliphatic rings. The van der Waals surface area contributed by atoms with E-state index in [2.05, 4.69) is 5.14 Å².